The molecule has 0 saturated heterocycles. The highest BCUT2D eigenvalue weighted by molar-refractivity contribution is 5.42. The summed E-state index contributed by atoms with van der Waals surface area (Å²) < 4.78 is 51.5. The molecule has 2 heterocycles. The van der Waals surface area contributed by atoms with Crippen LogP contribution in [0.15, 0.2) is 35.1 Å². The number of halogens is 3. The number of aliphatic hydroxyl groups is 1. The average Bonchev–Trinajstić information content (AvgIpc) is 3.15. The second-order valence-electron chi connectivity index (χ2n) is 5.94. The largest absolute Gasteiger partial charge is 0.496 e. The van der Waals surface area contributed by atoms with Gasteiger partial charge in [0.1, 0.15) is 12.6 Å². The molecule has 33 heavy (non-hydrogen) atoms. The first-order valence-corrected chi connectivity index (χ1v) is 10.8. The van der Waals surface area contributed by atoms with E-state index in [9.17, 15) is 13.2 Å². The first-order chi connectivity index (χ1) is 15.6. The first kappa shape index (κ1) is 35.2. The van der Waals surface area contributed by atoms with Crippen LogP contribution in [0.1, 0.15) is 41.5 Å². The summed E-state index contributed by atoms with van der Waals surface area (Å²) in [6, 6.07) is 0.183. The maximum atomic E-state index is 12.3. The Morgan fingerprint density at radius 2 is 1.73 bits per heavy atom. The van der Waals surface area contributed by atoms with Crippen molar-refractivity contribution < 1.29 is 32.5 Å². The van der Waals surface area contributed by atoms with E-state index in [0.717, 1.165) is 11.3 Å². The number of nitrogens with one attached hydrogen (secondary N) is 1. The fourth-order valence-electron chi connectivity index (χ4n) is 2.55. The van der Waals surface area contributed by atoms with E-state index in [4.69, 9.17) is 14.6 Å². The second-order valence-corrected chi connectivity index (χ2v) is 5.94. The number of aliphatic hydroxyl groups excluding tert-OH is 1. The number of ether oxygens (including phenoxy) is 3. The van der Waals surface area contributed by atoms with Crippen LogP contribution >= 0.6 is 0 Å². The summed E-state index contributed by atoms with van der Waals surface area (Å²) in [6.45, 7) is 11.4. The van der Waals surface area contributed by atoms with Crippen LogP contribution in [0.2, 0.25) is 0 Å². The molecule has 1 atom stereocenters. The van der Waals surface area contributed by atoms with Crippen molar-refractivity contribution in [2.24, 2.45) is 0 Å². The normalized spacial score (nSPS) is 16.9. The Balaban J connectivity index is -0.000000699. The van der Waals surface area contributed by atoms with Gasteiger partial charge in [-0.25, -0.2) is 5.43 Å². The number of terminal acetylenes is 1. The van der Waals surface area contributed by atoms with E-state index in [1.807, 2.05) is 59.7 Å². The standard InChI is InChI=1S/C14H20F3N3O2.C3H8O2.2C2H6.C2H2/c1-9-5-11(20(3)18-9)10-7-19(2)13(6-12(10)21-4)22-8-14(15,16)17;1-2-5-3-4;3*1-2/h5-6,9,18H,7-8H2,1-4H3;4H,2-3H2,1H3;2*1-2H3;1-2H. The number of alkyl halides is 3. The third-order valence-corrected chi connectivity index (χ3v) is 3.70. The minimum atomic E-state index is -4.37. The second kappa shape index (κ2) is 20.3. The fourth-order valence-corrected chi connectivity index (χ4v) is 2.55. The van der Waals surface area contributed by atoms with Crippen LogP contribution in [0.3, 0.4) is 0 Å². The van der Waals surface area contributed by atoms with Crippen molar-refractivity contribution in [2.45, 2.75) is 53.8 Å². The van der Waals surface area contributed by atoms with Gasteiger partial charge < -0.3 is 29.2 Å². The van der Waals surface area contributed by atoms with Crippen molar-refractivity contribution >= 4 is 0 Å². The molecule has 1 unspecified atom stereocenters. The maximum absolute atomic E-state index is 12.3. The Bertz CT molecular complexity index is 616. The van der Waals surface area contributed by atoms with Gasteiger partial charge in [0.05, 0.1) is 19.4 Å². The molecule has 2 aliphatic heterocycles. The average molecular weight is 482 g/mol. The van der Waals surface area contributed by atoms with Gasteiger partial charge in [0, 0.05) is 38.4 Å². The highest BCUT2D eigenvalue weighted by atomic mass is 19.4. The summed E-state index contributed by atoms with van der Waals surface area (Å²) in [5.74, 6) is 0.643. The molecular weight excluding hydrogens is 439 g/mol. The first-order valence-electron chi connectivity index (χ1n) is 10.8. The lowest BCUT2D eigenvalue weighted by Gasteiger charge is -2.31. The van der Waals surface area contributed by atoms with E-state index in [0.29, 0.717) is 18.9 Å². The number of methoxy groups -OCH3 is 1. The summed E-state index contributed by atoms with van der Waals surface area (Å²) in [5, 5.41) is 9.72. The Labute approximate surface area is 197 Å². The predicted molar refractivity (Wildman–Crippen MR) is 126 cm³/mol. The molecular formula is C23H42F3N3O4. The van der Waals surface area contributed by atoms with Crippen LogP contribution < -0.4 is 5.43 Å². The quantitative estimate of drug-likeness (QED) is 0.434. The van der Waals surface area contributed by atoms with Crippen LogP contribution in [0.5, 0.6) is 0 Å². The van der Waals surface area contributed by atoms with E-state index in [1.165, 1.54) is 13.2 Å². The van der Waals surface area contributed by atoms with Gasteiger partial charge in [0.2, 0.25) is 0 Å². The van der Waals surface area contributed by atoms with Crippen molar-refractivity contribution in [1.29, 1.82) is 0 Å². The maximum Gasteiger partial charge on any atom is 0.422 e. The van der Waals surface area contributed by atoms with Crippen molar-refractivity contribution in [3.05, 3.63) is 35.1 Å². The predicted octanol–water partition coefficient (Wildman–Crippen LogP) is 4.25. The Hall–Kier alpha value is -2.35. The molecule has 0 aromatic heterocycles. The molecule has 0 spiro atoms. The van der Waals surface area contributed by atoms with Crippen molar-refractivity contribution in [1.82, 2.24) is 15.3 Å². The van der Waals surface area contributed by atoms with Gasteiger partial charge in [-0.1, -0.05) is 27.7 Å². The number of nitrogens with zero attached hydrogens (tertiary/aromatic N) is 2. The summed E-state index contributed by atoms with van der Waals surface area (Å²) in [4.78, 5) is 1.63. The zero-order chi connectivity index (χ0) is 26.6. The van der Waals surface area contributed by atoms with Crippen LogP contribution in [-0.4, -0.2) is 75.0 Å². The van der Waals surface area contributed by atoms with Crippen LogP contribution in [0.25, 0.3) is 0 Å². The highest BCUT2D eigenvalue weighted by Gasteiger charge is 2.32. The van der Waals surface area contributed by atoms with E-state index < -0.39 is 12.8 Å². The molecule has 2 N–H and O–H groups in total. The molecule has 194 valence electrons. The van der Waals surface area contributed by atoms with Crippen molar-refractivity contribution in [2.75, 3.05) is 47.8 Å². The molecule has 10 heteroatoms. The number of likely N-dealkylation sites (N-methyl/N-ethyl adjacent to an activating group) is 2. The zero-order valence-electron chi connectivity index (χ0n) is 21.4. The molecule has 0 amide bonds. The van der Waals surface area contributed by atoms with E-state index in [2.05, 4.69) is 23.0 Å². The van der Waals surface area contributed by atoms with Gasteiger partial charge in [-0.05, 0) is 19.9 Å². The highest BCUT2D eigenvalue weighted by Crippen LogP contribution is 2.29. The SMILES string of the molecule is C#C.CC.CC.CCOCO.COC1=C(C2=CC(C)NN2C)CN(C)C(OCC(F)(F)F)=C1. The van der Waals surface area contributed by atoms with Crippen molar-refractivity contribution in [3.63, 3.8) is 0 Å². The Morgan fingerprint density at radius 3 is 2.06 bits per heavy atom. The Kier molecular flexibility index (Phi) is 21.6. The molecule has 2 rings (SSSR count). The number of hydrogen-bond acceptors (Lipinski definition) is 7. The minimum Gasteiger partial charge on any atom is -0.496 e. The summed E-state index contributed by atoms with van der Waals surface area (Å²) in [7, 11) is 5.06. The van der Waals surface area contributed by atoms with Gasteiger partial charge in [0.25, 0.3) is 0 Å². The molecule has 0 aliphatic carbocycles. The molecule has 7 nitrogen and oxygen atoms in total. The van der Waals surface area contributed by atoms with Gasteiger partial charge >= 0.3 is 6.18 Å². The summed E-state index contributed by atoms with van der Waals surface area (Å²) in [6.07, 6.45) is 7.16. The lowest BCUT2D eigenvalue weighted by molar-refractivity contribution is -0.169. The lowest BCUT2D eigenvalue weighted by atomic mass is 10.1. The minimum absolute atomic E-state index is 0.139. The molecule has 0 aromatic rings. The molecule has 0 radical (unpaired) electrons. The summed E-state index contributed by atoms with van der Waals surface area (Å²) in [5.41, 5.74) is 5.05. The molecule has 0 saturated carbocycles. The van der Waals surface area contributed by atoms with Crippen LogP contribution in [0, 0.1) is 12.8 Å². The lowest BCUT2D eigenvalue weighted by Crippen LogP contribution is -2.35. The third kappa shape index (κ3) is 14.4. The van der Waals surface area contributed by atoms with Gasteiger partial charge in [-0.15, -0.1) is 12.8 Å². The van der Waals surface area contributed by atoms with E-state index in [-0.39, 0.29) is 18.7 Å². The fraction of sp³-hybridized carbons (Fsp3) is 0.652. The van der Waals surface area contributed by atoms with E-state index in [1.54, 1.807) is 11.9 Å². The molecule has 0 bridgehead atoms. The smallest absolute Gasteiger partial charge is 0.422 e. The third-order valence-electron chi connectivity index (χ3n) is 3.70. The molecule has 0 aromatic carbocycles. The zero-order valence-corrected chi connectivity index (χ0v) is 21.4. The van der Waals surface area contributed by atoms with Crippen LogP contribution in [0.4, 0.5) is 13.2 Å². The number of hydrazine groups is 1. The molecule has 0 fully saturated rings. The molecule has 2 aliphatic rings. The summed E-state index contributed by atoms with van der Waals surface area (Å²) >= 11 is 0. The van der Waals surface area contributed by atoms with Gasteiger partial charge in [-0.2, -0.15) is 13.2 Å². The topological polar surface area (TPSA) is 66.4 Å². The Morgan fingerprint density at radius 1 is 1.18 bits per heavy atom. The van der Waals surface area contributed by atoms with Gasteiger partial charge in [0.15, 0.2) is 12.5 Å². The number of allylic oxidation sites excluding steroid dienone is 1. The van der Waals surface area contributed by atoms with E-state index >= 15 is 0 Å². The number of rotatable bonds is 6. The monoisotopic (exact) mass is 481 g/mol. The van der Waals surface area contributed by atoms with Crippen molar-refractivity contribution in [3.8, 4) is 12.8 Å². The van der Waals surface area contributed by atoms with Crippen LogP contribution in [-0.2, 0) is 14.2 Å². The van der Waals surface area contributed by atoms with Gasteiger partial charge in [-0.3, -0.25) is 0 Å². The number of hydrogen-bond donors (Lipinski definition) is 2.